The van der Waals surface area contributed by atoms with Crippen molar-refractivity contribution in [3.05, 3.63) is 70.9 Å². The number of carbonyl (C=O) groups excluding carboxylic acids is 1. The van der Waals surface area contributed by atoms with E-state index < -0.39 is 0 Å². The predicted molar refractivity (Wildman–Crippen MR) is 139 cm³/mol. The van der Waals surface area contributed by atoms with Gasteiger partial charge in [0.1, 0.15) is 0 Å². The molecule has 5 rings (SSSR count). The zero-order valence-electron chi connectivity index (χ0n) is 21.1. The van der Waals surface area contributed by atoms with E-state index >= 15 is 0 Å². The highest BCUT2D eigenvalue weighted by molar-refractivity contribution is 5.90. The number of aromatic nitrogens is 1. The minimum absolute atomic E-state index is 0.0690. The van der Waals surface area contributed by atoms with Crippen molar-refractivity contribution in [2.24, 2.45) is 7.05 Å². The van der Waals surface area contributed by atoms with Crippen LogP contribution in [0.15, 0.2) is 48.5 Å². The number of urea groups is 1. The molecule has 2 aromatic carbocycles. The van der Waals surface area contributed by atoms with Gasteiger partial charge in [0, 0.05) is 61.3 Å². The molecule has 34 heavy (non-hydrogen) atoms. The van der Waals surface area contributed by atoms with Crippen LogP contribution >= 0.6 is 0 Å². The Kier molecular flexibility index (Phi) is 6.39. The number of nitrogens with zero attached hydrogens (tertiary/aromatic N) is 3. The van der Waals surface area contributed by atoms with Crippen LogP contribution in [0.5, 0.6) is 0 Å². The molecule has 2 aliphatic rings. The second kappa shape index (κ2) is 9.46. The normalized spacial score (nSPS) is 21.9. The zero-order valence-corrected chi connectivity index (χ0v) is 21.1. The topological polar surface area (TPSA) is 40.5 Å². The lowest BCUT2D eigenvalue weighted by Crippen LogP contribution is -2.56. The lowest BCUT2D eigenvalue weighted by atomic mass is 9.73. The van der Waals surface area contributed by atoms with Crippen LogP contribution in [0.1, 0.15) is 48.6 Å². The SMILES string of the molecule is CCN(CC)C(=O)N[C@H]1C[C@@H]2c3cccc4c3c(c(CCc3ccccc3)n4C)C[C@H]2N(C)C1. The fourth-order valence-corrected chi connectivity index (χ4v) is 6.46. The average molecular weight is 459 g/mol. The first kappa shape index (κ1) is 23.0. The highest BCUT2D eigenvalue weighted by Gasteiger charge is 2.41. The van der Waals surface area contributed by atoms with Gasteiger partial charge in [-0.1, -0.05) is 42.5 Å². The van der Waals surface area contributed by atoms with Crippen LogP contribution in [0.25, 0.3) is 10.9 Å². The first-order valence-electron chi connectivity index (χ1n) is 12.9. The molecule has 1 saturated heterocycles. The van der Waals surface area contributed by atoms with Gasteiger partial charge in [-0.15, -0.1) is 0 Å². The van der Waals surface area contributed by atoms with E-state index in [1.807, 2.05) is 18.7 Å². The highest BCUT2D eigenvalue weighted by atomic mass is 16.2. The molecule has 0 saturated carbocycles. The number of likely N-dealkylation sites (N-methyl/N-ethyl adjacent to an activating group) is 1. The Bertz CT molecular complexity index is 1160. The van der Waals surface area contributed by atoms with Crippen LogP contribution in [-0.4, -0.2) is 59.2 Å². The zero-order chi connectivity index (χ0) is 23.8. The molecule has 2 amide bonds. The first-order chi connectivity index (χ1) is 16.5. The number of piperidine rings is 1. The van der Waals surface area contributed by atoms with Gasteiger partial charge in [0.05, 0.1) is 0 Å². The number of amides is 2. The molecular formula is C29H38N4O. The van der Waals surface area contributed by atoms with Crippen LogP contribution < -0.4 is 5.32 Å². The van der Waals surface area contributed by atoms with Crippen molar-refractivity contribution in [2.75, 3.05) is 26.7 Å². The Hall–Kier alpha value is -2.79. The number of fused-ring (bicyclic) bond motifs is 2. The standard InChI is InChI=1S/C29H38N4O/c1-5-33(6-2)29(34)30-21-17-23-22-13-10-14-26-28(22)24(18-27(23)31(3)19-21)25(32(26)4)16-15-20-11-8-7-9-12-20/h7-14,21,23,27H,5-6,15-19H2,1-4H3,(H,30,34)/t21-,23+,27+/m0/s1. The number of carbonyl (C=O) groups is 1. The van der Waals surface area contributed by atoms with Crippen molar-refractivity contribution in [1.29, 1.82) is 0 Å². The van der Waals surface area contributed by atoms with Gasteiger partial charge in [0.2, 0.25) is 0 Å². The molecule has 2 heterocycles. The quantitative estimate of drug-likeness (QED) is 0.580. The van der Waals surface area contributed by atoms with E-state index in [0.29, 0.717) is 12.0 Å². The molecule has 0 radical (unpaired) electrons. The van der Waals surface area contributed by atoms with Crippen LogP contribution in [0.4, 0.5) is 4.79 Å². The second-order valence-corrected chi connectivity index (χ2v) is 10.1. The van der Waals surface area contributed by atoms with E-state index in [9.17, 15) is 4.79 Å². The number of hydrogen-bond acceptors (Lipinski definition) is 2. The van der Waals surface area contributed by atoms with E-state index in [1.165, 1.54) is 27.7 Å². The van der Waals surface area contributed by atoms with Crippen molar-refractivity contribution in [3.63, 3.8) is 0 Å². The van der Waals surface area contributed by atoms with Crippen molar-refractivity contribution in [3.8, 4) is 0 Å². The maximum absolute atomic E-state index is 12.8. The molecule has 3 aromatic rings. The summed E-state index contributed by atoms with van der Waals surface area (Å²) in [6, 6.07) is 18.4. The smallest absolute Gasteiger partial charge is 0.317 e. The molecular weight excluding hydrogens is 420 g/mol. The van der Waals surface area contributed by atoms with Crippen molar-refractivity contribution in [2.45, 2.75) is 57.5 Å². The summed E-state index contributed by atoms with van der Waals surface area (Å²) >= 11 is 0. The third-order valence-electron chi connectivity index (χ3n) is 8.25. The van der Waals surface area contributed by atoms with Gasteiger partial charge in [0.25, 0.3) is 0 Å². The third-order valence-corrected chi connectivity index (χ3v) is 8.25. The minimum atomic E-state index is 0.0690. The fourth-order valence-electron chi connectivity index (χ4n) is 6.46. The first-order valence-corrected chi connectivity index (χ1v) is 12.9. The molecule has 5 nitrogen and oxygen atoms in total. The number of benzene rings is 2. The lowest BCUT2D eigenvalue weighted by molar-refractivity contribution is 0.124. The van der Waals surface area contributed by atoms with Crippen molar-refractivity contribution < 1.29 is 4.79 Å². The van der Waals surface area contributed by atoms with Gasteiger partial charge >= 0.3 is 6.03 Å². The van der Waals surface area contributed by atoms with E-state index in [2.05, 4.69) is 77.4 Å². The fraction of sp³-hybridized carbons (Fsp3) is 0.483. The van der Waals surface area contributed by atoms with Gasteiger partial charge in [-0.3, -0.25) is 0 Å². The molecule has 0 unspecified atom stereocenters. The molecule has 1 fully saturated rings. The van der Waals surface area contributed by atoms with Crippen LogP contribution in [0.3, 0.4) is 0 Å². The summed E-state index contributed by atoms with van der Waals surface area (Å²) in [5.74, 6) is 0.446. The van der Waals surface area contributed by atoms with Crippen LogP contribution in [-0.2, 0) is 26.3 Å². The largest absolute Gasteiger partial charge is 0.347 e. The van der Waals surface area contributed by atoms with Gasteiger partial charge in [-0.2, -0.15) is 0 Å². The maximum atomic E-state index is 12.8. The van der Waals surface area contributed by atoms with Crippen LogP contribution in [0, 0.1) is 0 Å². The lowest BCUT2D eigenvalue weighted by Gasteiger charge is -2.46. The summed E-state index contributed by atoms with van der Waals surface area (Å²) in [6.07, 6.45) is 4.23. The molecule has 1 aromatic heterocycles. The second-order valence-electron chi connectivity index (χ2n) is 10.1. The molecule has 0 bridgehead atoms. The third kappa shape index (κ3) is 4.00. The van der Waals surface area contributed by atoms with Crippen molar-refractivity contribution >= 4 is 16.9 Å². The molecule has 1 aliphatic heterocycles. The number of aryl methyl sites for hydroxylation is 2. The summed E-state index contributed by atoms with van der Waals surface area (Å²) in [4.78, 5) is 17.1. The number of nitrogens with one attached hydrogen (secondary N) is 1. The molecule has 180 valence electrons. The van der Waals surface area contributed by atoms with Gasteiger partial charge in [-0.25, -0.2) is 4.79 Å². The van der Waals surface area contributed by atoms with E-state index in [4.69, 9.17) is 0 Å². The highest BCUT2D eigenvalue weighted by Crippen LogP contribution is 2.45. The summed E-state index contributed by atoms with van der Waals surface area (Å²) in [5.41, 5.74) is 7.25. The van der Waals surface area contributed by atoms with E-state index in [1.54, 1.807) is 5.56 Å². The molecule has 0 spiro atoms. The summed E-state index contributed by atoms with van der Waals surface area (Å²) in [6.45, 7) is 6.48. The minimum Gasteiger partial charge on any atom is -0.347 e. The molecule has 5 heteroatoms. The Labute approximate surface area is 203 Å². The van der Waals surface area contributed by atoms with E-state index in [-0.39, 0.29) is 12.1 Å². The monoisotopic (exact) mass is 458 g/mol. The average Bonchev–Trinajstić information content (AvgIpc) is 3.12. The maximum Gasteiger partial charge on any atom is 0.317 e. The Morgan fingerprint density at radius 3 is 2.53 bits per heavy atom. The van der Waals surface area contributed by atoms with Crippen LogP contribution in [0.2, 0.25) is 0 Å². The van der Waals surface area contributed by atoms with Gasteiger partial charge in [-0.05, 0) is 69.3 Å². The predicted octanol–water partition coefficient (Wildman–Crippen LogP) is 4.73. The summed E-state index contributed by atoms with van der Waals surface area (Å²) in [5, 5.41) is 4.81. The number of rotatable bonds is 6. The van der Waals surface area contributed by atoms with Crippen molar-refractivity contribution in [1.82, 2.24) is 19.7 Å². The Balaban J connectivity index is 1.45. The van der Waals surface area contributed by atoms with Gasteiger partial charge in [0.15, 0.2) is 0 Å². The number of hydrogen-bond donors (Lipinski definition) is 1. The molecule has 1 aliphatic carbocycles. The van der Waals surface area contributed by atoms with Gasteiger partial charge < -0.3 is 19.7 Å². The number of likely N-dealkylation sites (tertiary alicyclic amines) is 1. The molecule has 3 atom stereocenters. The summed E-state index contributed by atoms with van der Waals surface area (Å²) in [7, 11) is 4.48. The Morgan fingerprint density at radius 1 is 1.03 bits per heavy atom. The molecule has 1 N–H and O–H groups in total. The summed E-state index contributed by atoms with van der Waals surface area (Å²) < 4.78 is 2.44. The van der Waals surface area contributed by atoms with E-state index in [0.717, 1.165) is 45.3 Å². The Morgan fingerprint density at radius 2 is 1.79 bits per heavy atom.